The van der Waals surface area contributed by atoms with E-state index in [0.717, 1.165) is 12.8 Å². The van der Waals surface area contributed by atoms with Crippen LogP contribution in [-0.4, -0.2) is 11.2 Å². The zero-order valence-electron chi connectivity index (χ0n) is 9.59. The highest BCUT2D eigenvalue weighted by molar-refractivity contribution is 5.37. The van der Waals surface area contributed by atoms with Crippen molar-refractivity contribution in [3.05, 3.63) is 34.4 Å². The van der Waals surface area contributed by atoms with E-state index < -0.39 is 0 Å². The summed E-state index contributed by atoms with van der Waals surface area (Å²) in [5.41, 5.74) is 5.21. The minimum absolute atomic E-state index is 0.199. The molecule has 0 bridgehead atoms. The second kappa shape index (κ2) is 4.61. The lowest BCUT2D eigenvalue weighted by atomic mass is 9.95. The van der Waals surface area contributed by atoms with Crippen LogP contribution < -0.4 is 0 Å². The molecule has 1 N–H and O–H groups in total. The molecule has 0 fully saturated rings. The minimum atomic E-state index is -0.199. The third-order valence-corrected chi connectivity index (χ3v) is 2.75. The van der Waals surface area contributed by atoms with Crippen LogP contribution >= 0.6 is 0 Å². The normalized spacial score (nSPS) is 12.9. The van der Waals surface area contributed by atoms with Crippen molar-refractivity contribution in [2.75, 3.05) is 0 Å². The van der Waals surface area contributed by atoms with Gasteiger partial charge in [0, 0.05) is 0 Å². The number of hydrogen-bond donors (Lipinski definition) is 1. The first-order valence-corrected chi connectivity index (χ1v) is 5.29. The first-order chi connectivity index (χ1) is 6.54. The minimum Gasteiger partial charge on any atom is -0.393 e. The van der Waals surface area contributed by atoms with Crippen molar-refractivity contribution in [2.24, 2.45) is 0 Å². The van der Waals surface area contributed by atoms with Crippen LogP contribution in [0.5, 0.6) is 0 Å². The quantitative estimate of drug-likeness (QED) is 0.780. The molecule has 0 radical (unpaired) electrons. The van der Waals surface area contributed by atoms with Crippen molar-refractivity contribution in [1.29, 1.82) is 0 Å². The van der Waals surface area contributed by atoms with Crippen LogP contribution in [0.4, 0.5) is 0 Å². The second-order valence-corrected chi connectivity index (χ2v) is 4.14. The van der Waals surface area contributed by atoms with Crippen molar-refractivity contribution in [3.8, 4) is 0 Å². The molecule has 1 aromatic carbocycles. The fourth-order valence-corrected chi connectivity index (χ4v) is 1.91. The molecule has 1 rings (SSSR count). The molecule has 1 atom stereocenters. The van der Waals surface area contributed by atoms with Crippen molar-refractivity contribution in [3.63, 3.8) is 0 Å². The van der Waals surface area contributed by atoms with E-state index in [1.54, 1.807) is 0 Å². The Hall–Kier alpha value is -0.820. The second-order valence-electron chi connectivity index (χ2n) is 4.14. The lowest BCUT2D eigenvalue weighted by molar-refractivity contribution is 0.170. The molecule has 0 amide bonds. The Morgan fingerprint density at radius 2 is 1.64 bits per heavy atom. The van der Waals surface area contributed by atoms with E-state index in [1.165, 1.54) is 22.3 Å². The molecule has 1 nitrogen and oxygen atoms in total. The van der Waals surface area contributed by atoms with Crippen LogP contribution in [0.15, 0.2) is 12.1 Å². The van der Waals surface area contributed by atoms with E-state index in [1.807, 2.05) is 6.92 Å². The molecule has 1 heteroatoms. The Labute approximate surface area is 86.8 Å². The van der Waals surface area contributed by atoms with Gasteiger partial charge in [-0.2, -0.15) is 0 Å². The monoisotopic (exact) mass is 192 g/mol. The van der Waals surface area contributed by atoms with Gasteiger partial charge in [-0.1, -0.05) is 24.6 Å². The van der Waals surface area contributed by atoms with Crippen molar-refractivity contribution >= 4 is 0 Å². The van der Waals surface area contributed by atoms with E-state index in [-0.39, 0.29) is 6.10 Å². The summed E-state index contributed by atoms with van der Waals surface area (Å²) in [4.78, 5) is 0. The summed E-state index contributed by atoms with van der Waals surface area (Å²) in [5, 5.41) is 9.63. The third-order valence-electron chi connectivity index (χ3n) is 2.75. The molecule has 14 heavy (non-hydrogen) atoms. The summed E-state index contributed by atoms with van der Waals surface area (Å²) < 4.78 is 0. The van der Waals surface area contributed by atoms with Gasteiger partial charge in [0.25, 0.3) is 0 Å². The van der Waals surface area contributed by atoms with Crippen LogP contribution in [-0.2, 0) is 6.42 Å². The Balaban J connectivity index is 2.96. The van der Waals surface area contributed by atoms with Gasteiger partial charge < -0.3 is 5.11 Å². The summed E-state index contributed by atoms with van der Waals surface area (Å²) in [6, 6.07) is 4.37. The summed E-state index contributed by atoms with van der Waals surface area (Å²) in [6.07, 6.45) is 1.41. The summed E-state index contributed by atoms with van der Waals surface area (Å²) in [7, 11) is 0. The molecule has 0 saturated carbocycles. The van der Waals surface area contributed by atoms with E-state index in [2.05, 4.69) is 32.9 Å². The lowest BCUT2D eigenvalue weighted by Crippen LogP contribution is -2.10. The molecule has 0 aromatic heterocycles. The van der Waals surface area contributed by atoms with Gasteiger partial charge in [-0.25, -0.2) is 0 Å². The average molecular weight is 192 g/mol. The van der Waals surface area contributed by atoms with Gasteiger partial charge in [0.05, 0.1) is 6.10 Å². The van der Waals surface area contributed by atoms with Gasteiger partial charge in [-0.3, -0.25) is 0 Å². The summed E-state index contributed by atoms with van der Waals surface area (Å²) in [6.45, 7) is 8.37. The molecule has 0 spiro atoms. The van der Waals surface area contributed by atoms with Gasteiger partial charge in [0.15, 0.2) is 0 Å². The van der Waals surface area contributed by atoms with E-state index >= 15 is 0 Å². The standard InChI is InChI=1S/C13H20O/c1-5-12(14)8-13-10(3)6-9(2)7-11(13)4/h6-7,12,14H,5,8H2,1-4H3/t12-/m0/s1. The molecule has 0 saturated heterocycles. The van der Waals surface area contributed by atoms with Gasteiger partial charge in [-0.15, -0.1) is 0 Å². The van der Waals surface area contributed by atoms with Crippen LogP contribution in [0.25, 0.3) is 0 Å². The summed E-state index contributed by atoms with van der Waals surface area (Å²) in [5.74, 6) is 0. The maximum absolute atomic E-state index is 9.63. The number of aryl methyl sites for hydroxylation is 3. The topological polar surface area (TPSA) is 20.2 Å². The highest BCUT2D eigenvalue weighted by Crippen LogP contribution is 2.18. The smallest absolute Gasteiger partial charge is 0.0578 e. The number of rotatable bonds is 3. The number of hydrogen-bond acceptors (Lipinski definition) is 1. The highest BCUT2D eigenvalue weighted by Gasteiger charge is 2.08. The Morgan fingerprint density at radius 1 is 1.14 bits per heavy atom. The van der Waals surface area contributed by atoms with E-state index in [0.29, 0.717) is 0 Å². The van der Waals surface area contributed by atoms with Gasteiger partial charge in [0.2, 0.25) is 0 Å². The predicted molar refractivity (Wildman–Crippen MR) is 60.7 cm³/mol. The average Bonchev–Trinajstić information content (AvgIpc) is 2.10. The van der Waals surface area contributed by atoms with Crippen LogP contribution in [0.2, 0.25) is 0 Å². The van der Waals surface area contributed by atoms with Gasteiger partial charge in [-0.05, 0) is 50.3 Å². The molecule has 0 aliphatic heterocycles. The van der Waals surface area contributed by atoms with Gasteiger partial charge in [0.1, 0.15) is 0 Å². The Kier molecular flexibility index (Phi) is 3.70. The predicted octanol–water partition coefficient (Wildman–Crippen LogP) is 2.93. The first kappa shape index (κ1) is 11.3. The Bertz CT molecular complexity index is 292. The van der Waals surface area contributed by atoms with E-state index in [4.69, 9.17) is 0 Å². The number of benzene rings is 1. The third kappa shape index (κ3) is 2.58. The maximum atomic E-state index is 9.63. The molecule has 0 aliphatic rings. The van der Waals surface area contributed by atoms with Crippen LogP contribution in [0.3, 0.4) is 0 Å². The fourth-order valence-electron chi connectivity index (χ4n) is 1.91. The highest BCUT2D eigenvalue weighted by atomic mass is 16.3. The molecule has 0 heterocycles. The van der Waals surface area contributed by atoms with Gasteiger partial charge >= 0.3 is 0 Å². The molecule has 0 unspecified atom stereocenters. The lowest BCUT2D eigenvalue weighted by Gasteiger charge is -2.14. The molecule has 78 valence electrons. The zero-order valence-corrected chi connectivity index (χ0v) is 9.59. The molecule has 1 aromatic rings. The van der Waals surface area contributed by atoms with Crippen molar-refractivity contribution in [2.45, 2.75) is 46.6 Å². The first-order valence-electron chi connectivity index (χ1n) is 5.29. The SMILES string of the molecule is CC[C@H](O)Cc1c(C)cc(C)cc1C. The molecular weight excluding hydrogens is 172 g/mol. The largest absolute Gasteiger partial charge is 0.393 e. The maximum Gasteiger partial charge on any atom is 0.0578 e. The van der Waals surface area contributed by atoms with Crippen LogP contribution in [0.1, 0.15) is 35.6 Å². The van der Waals surface area contributed by atoms with Crippen molar-refractivity contribution in [1.82, 2.24) is 0 Å². The summed E-state index contributed by atoms with van der Waals surface area (Å²) >= 11 is 0. The number of aliphatic hydroxyl groups excluding tert-OH is 1. The molecule has 0 aliphatic carbocycles. The molecular formula is C13H20O. The van der Waals surface area contributed by atoms with Crippen molar-refractivity contribution < 1.29 is 5.11 Å². The Morgan fingerprint density at radius 3 is 2.07 bits per heavy atom. The van der Waals surface area contributed by atoms with E-state index in [9.17, 15) is 5.11 Å². The number of aliphatic hydroxyl groups is 1. The zero-order chi connectivity index (χ0) is 10.7. The van der Waals surface area contributed by atoms with Crippen LogP contribution in [0, 0.1) is 20.8 Å². The fraction of sp³-hybridized carbons (Fsp3) is 0.538.